The third-order valence-corrected chi connectivity index (χ3v) is 2.90. The molecule has 0 N–H and O–H groups in total. The number of nitrogens with zero attached hydrogens (tertiary/aromatic N) is 2. The minimum atomic E-state index is 0.273. The SMILES string of the molecule is Cc1ccc(OC2CN(C(C)S)C2)nc1. The van der Waals surface area contributed by atoms with Crippen LogP contribution in [0.5, 0.6) is 5.88 Å². The molecule has 1 fully saturated rings. The molecule has 3 nitrogen and oxygen atoms in total. The number of aryl methyl sites for hydroxylation is 1. The molecule has 0 spiro atoms. The van der Waals surface area contributed by atoms with E-state index in [9.17, 15) is 0 Å². The molecule has 1 aromatic heterocycles. The van der Waals surface area contributed by atoms with E-state index in [0.29, 0.717) is 5.37 Å². The zero-order valence-corrected chi connectivity index (χ0v) is 9.95. The predicted molar refractivity (Wildman–Crippen MR) is 63.4 cm³/mol. The molecule has 0 aliphatic carbocycles. The lowest BCUT2D eigenvalue weighted by Crippen LogP contribution is -2.55. The minimum Gasteiger partial charge on any atom is -0.472 e. The van der Waals surface area contributed by atoms with Gasteiger partial charge in [-0.2, -0.15) is 12.6 Å². The van der Waals surface area contributed by atoms with Gasteiger partial charge in [0.2, 0.25) is 5.88 Å². The van der Waals surface area contributed by atoms with Crippen LogP contribution < -0.4 is 4.74 Å². The molecule has 0 amide bonds. The average molecular weight is 224 g/mol. The number of ether oxygens (including phenoxy) is 1. The fraction of sp³-hybridized carbons (Fsp3) is 0.545. The maximum absolute atomic E-state index is 5.70. The van der Waals surface area contributed by atoms with E-state index in [1.54, 1.807) is 0 Å². The summed E-state index contributed by atoms with van der Waals surface area (Å²) in [6, 6.07) is 3.93. The molecule has 1 atom stereocenters. The van der Waals surface area contributed by atoms with Crippen LogP contribution in [0, 0.1) is 6.92 Å². The molecule has 0 radical (unpaired) electrons. The number of hydrogen-bond acceptors (Lipinski definition) is 4. The maximum atomic E-state index is 5.70. The van der Waals surface area contributed by atoms with Crippen LogP contribution in [-0.4, -0.2) is 34.5 Å². The summed E-state index contributed by atoms with van der Waals surface area (Å²) in [4.78, 5) is 6.46. The molecule has 1 aliphatic rings. The van der Waals surface area contributed by atoms with Gasteiger partial charge in [0.15, 0.2) is 0 Å². The van der Waals surface area contributed by atoms with Crippen molar-refractivity contribution < 1.29 is 4.74 Å². The molecular formula is C11H16N2OS. The van der Waals surface area contributed by atoms with Gasteiger partial charge in [-0.25, -0.2) is 4.98 Å². The van der Waals surface area contributed by atoms with Crippen LogP contribution in [-0.2, 0) is 0 Å². The summed E-state index contributed by atoms with van der Waals surface area (Å²) in [6.45, 7) is 5.98. The van der Waals surface area contributed by atoms with Gasteiger partial charge in [-0.05, 0) is 19.4 Å². The van der Waals surface area contributed by atoms with Gasteiger partial charge in [0, 0.05) is 25.4 Å². The first-order valence-corrected chi connectivity index (χ1v) is 5.68. The summed E-state index contributed by atoms with van der Waals surface area (Å²) in [5.74, 6) is 0.720. The lowest BCUT2D eigenvalue weighted by atomic mass is 10.2. The number of hydrogen-bond donors (Lipinski definition) is 1. The summed E-state index contributed by atoms with van der Waals surface area (Å²) in [5, 5.41) is 0.316. The van der Waals surface area contributed by atoms with E-state index in [-0.39, 0.29) is 6.10 Å². The van der Waals surface area contributed by atoms with Crippen molar-refractivity contribution >= 4 is 12.6 Å². The van der Waals surface area contributed by atoms with Crippen LogP contribution in [0.15, 0.2) is 18.3 Å². The van der Waals surface area contributed by atoms with Crippen molar-refractivity contribution in [3.63, 3.8) is 0 Å². The molecular weight excluding hydrogens is 208 g/mol. The van der Waals surface area contributed by atoms with Gasteiger partial charge < -0.3 is 4.74 Å². The Morgan fingerprint density at radius 3 is 2.80 bits per heavy atom. The molecule has 15 heavy (non-hydrogen) atoms. The van der Waals surface area contributed by atoms with Gasteiger partial charge in [0.1, 0.15) is 6.10 Å². The van der Waals surface area contributed by atoms with Crippen molar-refractivity contribution in [3.8, 4) is 5.88 Å². The van der Waals surface area contributed by atoms with Crippen LogP contribution in [0.4, 0.5) is 0 Å². The third kappa shape index (κ3) is 2.63. The zero-order valence-electron chi connectivity index (χ0n) is 9.05. The van der Waals surface area contributed by atoms with Crippen molar-refractivity contribution in [1.29, 1.82) is 0 Å². The van der Waals surface area contributed by atoms with Crippen LogP contribution >= 0.6 is 12.6 Å². The Kier molecular flexibility index (Phi) is 3.17. The molecule has 0 saturated carbocycles. The highest BCUT2D eigenvalue weighted by atomic mass is 32.1. The van der Waals surface area contributed by atoms with Crippen LogP contribution in [0.3, 0.4) is 0 Å². The summed E-state index contributed by atoms with van der Waals surface area (Å²) in [6.07, 6.45) is 2.10. The fourth-order valence-corrected chi connectivity index (χ4v) is 1.73. The Balaban J connectivity index is 1.82. The first-order valence-electron chi connectivity index (χ1n) is 5.16. The molecule has 1 saturated heterocycles. The number of thiol groups is 1. The van der Waals surface area contributed by atoms with Gasteiger partial charge in [0.05, 0.1) is 5.37 Å². The van der Waals surface area contributed by atoms with Crippen LogP contribution in [0.2, 0.25) is 0 Å². The molecule has 2 heterocycles. The Morgan fingerprint density at radius 1 is 1.53 bits per heavy atom. The lowest BCUT2D eigenvalue weighted by molar-refractivity contribution is 0.0136. The normalized spacial score (nSPS) is 19.7. The topological polar surface area (TPSA) is 25.4 Å². The van der Waals surface area contributed by atoms with Gasteiger partial charge in [-0.3, -0.25) is 4.90 Å². The highest BCUT2D eigenvalue weighted by Crippen LogP contribution is 2.19. The van der Waals surface area contributed by atoms with Crippen LogP contribution in [0.1, 0.15) is 12.5 Å². The quantitative estimate of drug-likeness (QED) is 0.792. The molecule has 0 bridgehead atoms. The van der Waals surface area contributed by atoms with E-state index in [4.69, 9.17) is 4.74 Å². The second-order valence-electron chi connectivity index (χ2n) is 4.00. The molecule has 1 unspecified atom stereocenters. The zero-order chi connectivity index (χ0) is 10.8. The van der Waals surface area contributed by atoms with Gasteiger partial charge in [-0.15, -0.1) is 0 Å². The first-order chi connectivity index (χ1) is 7.15. The third-order valence-electron chi connectivity index (χ3n) is 2.58. The summed E-state index contributed by atoms with van der Waals surface area (Å²) in [7, 11) is 0. The average Bonchev–Trinajstić information content (AvgIpc) is 2.13. The monoisotopic (exact) mass is 224 g/mol. The number of aromatic nitrogens is 1. The molecule has 82 valence electrons. The minimum absolute atomic E-state index is 0.273. The Hall–Kier alpha value is -0.740. The maximum Gasteiger partial charge on any atom is 0.213 e. The van der Waals surface area contributed by atoms with Crippen LogP contribution in [0.25, 0.3) is 0 Å². The highest BCUT2D eigenvalue weighted by Gasteiger charge is 2.30. The summed E-state index contributed by atoms with van der Waals surface area (Å²) < 4.78 is 5.70. The van der Waals surface area contributed by atoms with Gasteiger partial charge >= 0.3 is 0 Å². The summed E-state index contributed by atoms with van der Waals surface area (Å²) >= 11 is 4.36. The fourth-order valence-electron chi connectivity index (χ4n) is 1.54. The summed E-state index contributed by atoms with van der Waals surface area (Å²) in [5.41, 5.74) is 1.15. The molecule has 1 aliphatic heterocycles. The van der Waals surface area contributed by atoms with Gasteiger partial charge in [0.25, 0.3) is 0 Å². The predicted octanol–water partition coefficient (Wildman–Crippen LogP) is 1.73. The molecule has 0 aromatic carbocycles. The molecule has 1 aromatic rings. The van der Waals surface area contributed by atoms with Crippen molar-refractivity contribution in [2.45, 2.75) is 25.3 Å². The number of likely N-dealkylation sites (tertiary alicyclic amines) is 1. The van der Waals surface area contributed by atoms with E-state index < -0.39 is 0 Å². The first kappa shape index (κ1) is 10.8. The standard InChI is InChI=1S/C11H16N2OS/c1-8-3-4-11(12-5-8)14-10-6-13(7-10)9(2)15/h3-5,9-10,15H,6-7H2,1-2H3. The number of rotatable bonds is 3. The van der Waals surface area contributed by atoms with E-state index in [1.165, 1.54) is 0 Å². The smallest absolute Gasteiger partial charge is 0.213 e. The Morgan fingerprint density at radius 2 is 2.27 bits per heavy atom. The highest BCUT2D eigenvalue weighted by molar-refractivity contribution is 7.80. The molecule has 2 rings (SSSR count). The molecule has 4 heteroatoms. The number of pyridine rings is 1. The second-order valence-corrected chi connectivity index (χ2v) is 4.75. The van der Waals surface area contributed by atoms with Crippen molar-refractivity contribution in [2.24, 2.45) is 0 Å². The van der Waals surface area contributed by atoms with E-state index in [0.717, 1.165) is 24.5 Å². The largest absolute Gasteiger partial charge is 0.472 e. The van der Waals surface area contributed by atoms with Crippen molar-refractivity contribution in [1.82, 2.24) is 9.88 Å². The Labute approximate surface area is 95.9 Å². The van der Waals surface area contributed by atoms with E-state index in [2.05, 4.69) is 29.4 Å². The van der Waals surface area contributed by atoms with E-state index in [1.807, 2.05) is 25.3 Å². The van der Waals surface area contributed by atoms with E-state index >= 15 is 0 Å². The Bertz CT molecular complexity index is 320. The second kappa shape index (κ2) is 4.41. The van der Waals surface area contributed by atoms with Crippen molar-refractivity contribution in [2.75, 3.05) is 13.1 Å². The lowest BCUT2D eigenvalue weighted by Gasteiger charge is -2.40. The van der Waals surface area contributed by atoms with Gasteiger partial charge in [-0.1, -0.05) is 6.07 Å². The van der Waals surface area contributed by atoms with Crippen molar-refractivity contribution in [3.05, 3.63) is 23.9 Å².